The van der Waals surface area contributed by atoms with Crippen LogP contribution in [0.2, 0.25) is 0 Å². The third-order valence-corrected chi connectivity index (χ3v) is 4.19. The second-order valence-electron chi connectivity index (χ2n) is 5.66. The van der Waals surface area contributed by atoms with Gasteiger partial charge in [-0.15, -0.1) is 0 Å². The van der Waals surface area contributed by atoms with Crippen molar-refractivity contribution >= 4 is 0 Å². The Morgan fingerprint density at radius 2 is 1.80 bits per heavy atom. The number of nitrogens with zero attached hydrogens (tertiary/aromatic N) is 1. The van der Waals surface area contributed by atoms with Gasteiger partial charge in [0.1, 0.15) is 0 Å². The highest BCUT2D eigenvalue weighted by molar-refractivity contribution is 4.89. The predicted molar refractivity (Wildman–Crippen MR) is 65.1 cm³/mol. The van der Waals surface area contributed by atoms with Crippen LogP contribution in [-0.4, -0.2) is 36.1 Å². The van der Waals surface area contributed by atoms with E-state index >= 15 is 0 Å². The van der Waals surface area contributed by atoms with Crippen molar-refractivity contribution in [3.05, 3.63) is 0 Å². The molecule has 1 heterocycles. The first-order valence-electron chi connectivity index (χ1n) is 6.69. The van der Waals surface area contributed by atoms with Crippen LogP contribution < -0.4 is 5.32 Å². The molecule has 2 nitrogen and oxygen atoms in total. The van der Waals surface area contributed by atoms with Crippen LogP contribution in [0.4, 0.5) is 0 Å². The third kappa shape index (κ3) is 2.73. The summed E-state index contributed by atoms with van der Waals surface area (Å²) in [5, 5.41) is 3.62. The fourth-order valence-corrected chi connectivity index (χ4v) is 3.42. The minimum Gasteiger partial charge on any atom is -0.309 e. The van der Waals surface area contributed by atoms with Gasteiger partial charge in [0.25, 0.3) is 0 Å². The molecule has 1 aliphatic carbocycles. The van der Waals surface area contributed by atoms with Crippen molar-refractivity contribution in [2.24, 2.45) is 5.92 Å². The number of hydrogen-bond acceptors (Lipinski definition) is 2. The Hall–Kier alpha value is -0.0800. The Balaban J connectivity index is 1.88. The highest BCUT2D eigenvalue weighted by Gasteiger charge is 2.31. The Bertz CT molecular complexity index is 195. The summed E-state index contributed by atoms with van der Waals surface area (Å²) in [4.78, 5) is 2.74. The lowest BCUT2D eigenvalue weighted by Gasteiger charge is -2.39. The molecule has 0 aromatic rings. The standard InChI is InChI=1S/C13H26N2/c1-4-12-5-6-13(7-12)15-8-10(2)14-11(3)9-15/h10-14H,4-9H2,1-3H3. The molecule has 2 fully saturated rings. The normalized spacial score (nSPS) is 43.4. The molecular weight excluding hydrogens is 184 g/mol. The highest BCUT2D eigenvalue weighted by atomic mass is 15.2. The van der Waals surface area contributed by atoms with Crippen molar-refractivity contribution in [1.82, 2.24) is 10.2 Å². The SMILES string of the molecule is CCC1CCC(N2CC(C)NC(C)C2)C1. The van der Waals surface area contributed by atoms with E-state index in [-0.39, 0.29) is 0 Å². The van der Waals surface area contributed by atoms with E-state index in [0.717, 1.165) is 12.0 Å². The van der Waals surface area contributed by atoms with Crippen LogP contribution in [0.5, 0.6) is 0 Å². The van der Waals surface area contributed by atoms with Gasteiger partial charge in [-0.3, -0.25) is 4.90 Å². The Morgan fingerprint density at radius 1 is 1.13 bits per heavy atom. The van der Waals surface area contributed by atoms with Gasteiger partial charge in [0, 0.05) is 31.2 Å². The molecule has 0 aromatic heterocycles. The summed E-state index contributed by atoms with van der Waals surface area (Å²) in [6.45, 7) is 9.48. The number of piperazine rings is 1. The molecule has 15 heavy (non-hydrogen) atoms. The van der Waals surface area contributed by atoms with E-state index in [4.69, 9.17) is 0 Å². The molecule has 0 bridgehead atoms. The summed E-state index contributed by atoms with van der Waals surface area (Å²) in [5.41, 5.74) is 0. The van der Waals surface area contributed by atoms with Gasteiger partial charge in [-0.05, 0) is 39.0 Å². The Morgan fingerprint density at radius 3 is 2.33 bits per heavy atom. The summed E-state index contributed by atoms with van der Waals surface area (Å²) < 4.78 is 0. The molecule has 1 aliphatic heterocycles. The average molecular weight is 210 g/mol. The van der Waals surface area contributed by atoms with Crippen molar-refractivity contribution < 1.29 is 0 Å². The molecular formula is C13H26N2. The molecule has 2 rings (SSSR count). The van der Waals surface area contributed by atoms with E-state index in [1.807, 2.05) is 0 Å². The van der Waals surface area contributed by atoms with E-state index in [0.29, 0.717) is 12.1 Å². The second-order valence-corrected chi connectivity index (χ2v) is 5.66. The zero-order chi connectivity index (χ0) is 10.8. The minimum atomic E-state index is 0.675. The molecule has 1 N–H and O–H groups in total. The molecule has 1 saturated heterocycles. The van der Waals surface area contributed by atoms with Gasteiger partial charge in [-0.2, -0.15) is 0 Å². The molecule has 2 aliphatic rings. The Kier molecular flexibility index (Phi) is 3.68. The average Bonchev–Trinajstić information content (AvgIpc) is 2.64. The summed E-state index contributed by atoms with van der Waals surface area (Å²) in [6, 6.07) is 2.24. The van der Waals surface area contributed by atoms with Crippen molar-refractivity contribution in [3.63, 3.8) is 0 Å². The van der Waals surface area contributed by atoms with E-state index < -0.39 is 0 Å². The van der Waals surface area contributed by atoms with Gasteiger partial charge >= 0.3 is 0 Å². The third-order valence-electron chi connectivity index (χ3n) is 4.19. The lowest BCUT2D eigenvalue weighted by molar-refractivity contribution is 0.122. The van der Waals surface area contributed by atoms with Crippen LogP contribution in [0.3, 0.4) is 0 Å². The minimum absolute atomic E-state index is 0.675. The smallest absolute Gasteiger partial charge is 0.0169 e. The molecule has 4 atom stereocenters. The molecule has 0 amide bonds. The second kappa shape index (κ2) is 4.84. The molecule has 0 aromatic carbocycles. The Labute approximate surface area is 94.4 Å². The van der Waals surface area contributed by atoms with Crippen molar-refractivity contribution in [2.45, 2.75) is 64.6 Å². The van der Waals surface area contributed by atoms with Crippen LogP contribution in [0.25, 0.3) is 0 Å². The zero-order valence-electron chi connectivity index (χ0n) is 10.5. The number of rotatable bonds is 2. The lowest BCUT2D eigenvalue weighted by atomic mass is 10.0. The van der Waals surface area contributed by atoms with Crippen molar-refractivity contribution in [3.8, 4) is 0 Å². The predicted octanol–water partition coefficient (Wildman–Crippen LogP) is 2.25. The van der Waals surface area contributed by atoms with Gasteiger partial charge in [0.15, 0.2) is 0 Å². The van der Waals surface area contributed by atoms with E-state index in [1.54, 1.807) is 0 Å². The van der Waals surface area contributed by atoms with Gasteiger partial charge in [0.05, 0.1) is 0 Å². The lowest BCUT2D eigenvalue weighted by Crippen LogP contribution is -2.56. The van der Waals surface area contributed by atoms with Gasteiger partial charge in [-0.25, -0.2) is 0 Å². The maximum Gasteiger partial charge on any atom is 0.0169 e. The van der Waals surface area contributed by atoms with E-state index in [2.05, 4.69) is 31.0 Å². The van der Waals surface area contributed by atoms with Gasteiger partial charge in [0.2, 0.25) is 0 Å². The fraction of sp³-hybridized carbons (Fsp3) is 1.00. The quantitative estimate of drug-likeness (QED) is 0.752. The summed E-state index contributed by atoms with van der Waals surface area (Å²) in [5.74, 6) is 1.01. The molecule has 88 valence electrons. The van der Waals surface area contributed by atoms with Crippen LogP contribution in [0.1, 0.15) is 46.5 Å². The molecule has 0 radical (unpaired) electrons. The number of nitrogens with one attached hydrogen (secondary N) is 1. The molecule has 1 saturated carbocycles. The van der Waals surface area contributed by atoms with Crippen molar-refractivity contribution in [2.75, 3.05) is 13.1 Å². The topological polar surface area (TPSA) is 15.3 Å². The van der Waals surface area contributed by atoms with E-state index in [9.17, 15) is 0 Å². The van der Waals surface area contributed by atoms with Gasteiger partial charge < -0.3 is 5.32 Å². The fourth-order valence-electron chi connectivity index (χ4n) is 3.42. The van der Waals surface area contributed by atoms with Crippen LogP contribution in [-0.2, 0) is 0 Å². The first-order chi connectivity index (χ1) is 7.19. The van der Waals surface area contributed by atoms with Gasteiger partial charge in [-0.1, -0.05) is 13.3 Å². The first-order valence-corrected chi connectivity index (χ1v) is 6.69. The summed E-state index contributed by atoms with van der Waals surface area (Å²) in [7, 11) is 0. The maximum atomic E-state index is 3.62. The highest BCUT2D eigenvalue weighted by Crippen LogP contribution is 2.32. The molecule has 0 spiro atoms. The molecule has 2 heteroatoms. The van der Waals surface area contributed by atoms with Crippen LogP contribution in [0.15, 0.2) is 0 Å². The van der Waals surface area contributed by atoms with Crippen LogP contribution in [0, 0.1) is 5.92 Å². The number of hydrogen-bond donors (Lipinski definition) is 1. The van der Waals surface area contributed by atoms with E-state index in [1.165, 1.54) is 38.8 Å². The maximum absolute atomic E-state index is 3.62. The summed E-state index contributed by atoms with van der Waals surface area (Å²) >= 11 is 0. The first kappa shape index (κ1) is 11.4. The zero-order valence-corrected chi connectivity index (χ0v) is 10.5. The molecule has 4 unspecified atom stereocenters. The summed E-state index contributed by atoms with van der Waals surface area (Å²) in [6.07, 6.45) is 5.75. The monoisotopic (exact) mass is 210 g/mol. The largest absolute Gasteiger partial charge is 0.309 e. The van der Waals surface area contributed by atoms with Crippen molar-refractivity contribution in [1.29, 1.82) is 0 Å². The van der Waals surface area contributed by atoms with Crippen LogP contribution >= 0.6 is 0 Å².